The fourth-order valence-electron chi connectivity index (χ4n) is 5.81. The first-order chi connectivity index (χ1) is 17.0. The Bertz CT molecular complexity index is 1300. The molecule has 6 rings (SSSR count). The predicted octanol–water partition coefficient (Wildman–Crippen LogP) is 4.90. The van der Waals surface area contributed by atoms with Gasteiger partial charge in [0.2, 0.25) is 0 Å². The zero-order valence-corrected chi connectivity index (χ0v) is 21.0. The van der Waals surface area contributed by atoms with Crippen molar-refractivity contribution in [2.75, 3.05) is 16.3 Å². The molecule has 0 N–H and O–H groups in total. The molecule has 35 heavy (non-hydrogen) atoms. The fourth-order valence-corrected chi connectivity index (χ4v) is 5.81. The summed E-state index contributed by atoms with van der Waals surface area (Å²) in [5, 5.41) is 8.80. The van der Waals surface area contributed by atoms with Crippen LogP contribution in [-0.2, 0) is 13.0 Å². The Morgan fingerprint density at radius 1 is 1.09 bits per heavy atom. The normalized spacial score (nSPS) is 22.1. The molecule has 3 atom stereocenters. The molecule has 0 aromatic carbocycles. The van der Waals surface area contributed by atoms with Crippen LogP contribution < -0.4 is 9.80 Å². The molecule has 182 valence electrons. The van der Waals surface area contributed by atoms with Crippen molar-refractivity contribution >= 4 is 17.5 Å². The summed E-state index contributed by atoms with van der Waals surface area (Å²) >= 11 is 0. The second kappa shape index (κ2) is 8.43. The maximum atomic E-state index is 13.8. The molecule has 1 saturated heterocycles. The van der Waals surface area contributed by atoms with Gasteiger partial charge in [-0.15, -0.1) is 10.2 Å². The van der Waals surface area contributed by atoms with Gasteiger partial charge in [-0.05, 0) is 63.6 Å². The number of carbonyl (C=O) groups excluding carboxylic acids is 1. The minimum atomic E-state index is 0.00421. The van der Waals surface area contributed by atoms with Gasteiger partial charge in [-0.2, -0.15) is 0 Å². The number of carbonyl (C=O) groups is 1. The minimum absolute atomic E-state index is 0.00421. The Hall–Kier alpha value is -3.29. The zero-order chi connectivity index (χ0) is 24.3. The van der Waals surface area contributed by atoms with Crippen molar-refractivity contribution < 1.29 is 4.79 Å². The molecule has 0 radical (unpaired) electrons. The summed E-state index contributed by atoms with van der Waals surface area (Å²) in [7, 11) is 0. The number of fused-ring (bicyclic) bond motifs is 2. The lowest BCUT2D eigenvalue weighted by Crippen LogP contribution is -2.28. The minimum Gasteiger partial charge on any atom is -0.354 e. The number of rotatable bonds is 5. The van der Waals surface area contributed by atoms with E-state index in [4.69, 9.17) is 9.97 Å². The lowest BCUT2D eigenvalue weighted by molar-refractivity contribution is 0.0996. The number of aryl methyl sites for hydroxylation is 1. The molecule has 3 aliphatic rings. The van der Waals surface area contributed by atoms with E-state index in [1.165, 1.54) is 12.8 Å². The van der Waals surface area contributed by atoms with Crippen LogP contribution >= 0.6 is 0 Å². The topological polar surface area (TPSA) is 80.0 Å². The number of pyridine rings is 2. The van der Waals surface area contributed by atoms with Crippen LogP contribution in [0.4, 0.5) is 11.6 Å². The second-order valence-electron chi connectivity index (χ2n) is 10.4. The average Bonchev–Trinajstić information content (AvgIpc) is 3.64. The third-order valence-electron chi connectivity index (χ3n) is 8.09. The fraction of sp³-hybridized carbons (Fsp3) is 0.519. The summed E-state index contributed by atoms with van der Waals surface area (Å²) in [5.41, 5.74) is 3.62. The van der Waals surface area contributed by atoms with Crippen LogP contribution in [0.5, 0.6) is 0 Å². The first-order valence-electron chi connectivity index (χ1n) is 13.0. The number of anilines is 2. The molecule has 0 unspecified atom stereocenters. The van der Waals surface area contributed by atoms with Crippen molar-refractivity contribution in [3.63, 3.8) is 0 Å². The van der Waals surface area contributed by atoms with E-state index in [-0.39, 0.29) is 11.8 Å². The first-order valence-corrected chi connectivity index (χ1v) is 13.0. The average molecular weight is 472 g/mol. The molecule has 3 aromatic heterocycles. The lowest BCUT2D eigenvalue weighted by atomic mass is 9.97. The summed E-state index contributed by atoms with van der Waals surface area (Å²) in [6, 6.07) is 8.65. The number of hydrogen-bond acceptors (Lipinski definition) is 6. The molecule has 8 nitrogen and oxygen atoms in total. The molecule has 0 saturated carbocycles. The number of aromatic nitrogens is 5. The van der Waals surface area contributed by atoms with Gasteiger partial charge in [0.15, 0.2) is 5.82 Å². The predicted molar refractivity (Wildman–Crippen MR) is 136 cm³/mol. The number of amides is 1. The highest BCUT2D eigenvalue weighted by Crippen LogP contribution is 2.37. The molecule has 3 aliphatic heterocycles. The van der Waals surface area contributed by atoms with Gasteiger partial charge in [-0.1, -0.05) is 19.9 Å². The van der Waals surface area contributed by atoms with Crippen molar-refractivity contribution in [2.45, 2.75) is 84.3 Å². The van der Waals surface area contributed by atoms with E-state index in [9.17, 15) is 4.79 Å². The number of nitrogens with zero attached hydrogens (tertiary/aromatic N) is 7. The number of hydrogen-bond donors (Lipinski definition) is 0. The molecule has 6 heterocycles. The van der Waals surface area contributed by atoms with Crippen molar-refractivity contribution in [1.29, 1.82) is 0 Å². The van der Waals surface area contributed by atoms with Crippen molar-refractivity contribution in [3.05, 3.63) is 46.9 Å². The Kier molecular flexibility index (Phi) is 5.34. The van der Waals surface area contributed by atoms with E-state index in [2.05, 4.69) is 47.4 Å². The summed E-state index contributed by atoms with van der Waals surface area (Å²) < 4.78 is 2.18. The van der Waals surface area contributed by atoms with Gasteiger partial charge in [0.1, 0.15) is 23.2 Å². The molecular weight excluding hydrogens is 438 g/mol. The standard InChI is InChI=1S/C27H33N7O/c1-5-16(2)25-20-15-33(27(35)19(20)14-24(29-25)32-13-7-8-17(32)3)22-10-6-9-21(28-22)26-31-30-23-12-11-18(4)34(23)26/h6,9-10,14,16-18H,5,7-8,11-13,15H2,1-4H3/t16-,17-,18+/m1/s1. The van der Waals surface area contributed by atoms with Gasteiger partial charge in [-0.25, -0.2) is 9.97 Å². The summed E-state index contributed by atoms with van der Waals surface area (Å²) in [5.74, 6) is 3.67. The first kappa shape index (κ1) is 22.2. The van der Waals surface area contributed by atoms with E-state index in [1.54, 1.807) is 4.90 Å². The highest BCUT2D eigenvalue weighted by atomic mass is 16.2. The van der Waals surface area contributed by atoms with Crippen molar-refractivity contribution in [1.82, 2.24) is 24.7 Å². The largest absolute Gasteiger partial charge is 0.354 e. The van der Waals surface area contributed by atoms with E-state index >= 15 is 0 Å². The maximum absolute atomic E-state index is 13.8. The van der Waals surface area contributed by atoms with Gasteiger partial charge in [-0.3, -0.25) is 9.69 Å². The smallest absolute Gasteiger partial charge is 0.260 e. The second-order valence-corrected chi connectivity index (χ2v) is 10.4. The van der Waals surface area contributed by atoms with Crippen LogP contribution in [0.1, 0.15) is 92.8 Å². The molecule has 1 amide bonds. The zero-order valence-electron chi connectivity index (χ0n) is 21.0. The Labute approximate surface area is 206 Å². The summed E-state index contributed by atoms with van der Waals surface area (Å²) in [6.45, 7) is 10.3. The monoisotopic (exact) mass is 471 g/mol. The van der Waals surface area contributed by atoms with E-state index in [0.717, 1.165) is 65.8 Å². The van der Waals surface area contributed by atoms with Crippen LogP contribution in [-0.4, -0.2) is 43.2 Å². The van der Waals surface area contributed by atoms with Crippen LogP contribution in [0.3, 0.4) is 0 Å². The molecule has 0 spiro atoms. The molecular formula is C27H33N7O. The van der Waals surface area contributed by atoms with Crippen LogP contribution in [0.2, 0.25) is 0 Å². The Morgan fingerprint density at radius 3 is 2.71 bits per heavy atom. The molecule has 8 heteroatoms. The Morgan fingerprint density at radius 2 is 1.94 bits per heavy atom. The van der Waals surface area contributed by atoms with E-state index in [1.807, 2.05) is 24.3 Å². The summed E-state index contributed by atoms with van der Waals surface area (Å²) in [6.07, 6.45) is 5.33. The molecule has 0 aliphatic carbocycles. The highest BCUT2D eigenvalue weighted by molar-refractivity contribution is 6.10. The quantitative estimate of drug-likeness (QED) is 0.526. The SMILES string of the molecule is CC[C@@H](C)c1nc(N2CCC[C@H]2C)cc2c1CN(c1cccc(-c3nnc4n3[C@@H](C)CC4)n1)C2=O. The van der Waals surface area contributed by atoms with E-state index < -0.39 is 0 Å². The lowest BCUT2D eigenvalue weighted by Gasteiger charge is -2.25. The van der Waals surface area contributed by atoms with Gasteiger partial charge in [0.05, 0.1) is 17.8 Å². The third-order valence-corrected chi connectivity index (χ3v) is 8.09. The van der Waals surface area contributed by atoms with Gasteiger partial charge in [0.25, 0.3) is 5.91 Å². The third kappa shape index (κ3) is 3.53. The van der Waals surface area contributed by atoms with Crippen LogP contribution in [0, 0.1) is 0 Å². The molecule has 1 fully saturated rings. The maximum Gasteiger partial charge on any atom is 0.260 e. The highest BCUT2D eigenvalue weighted by Gasteiger charge is 2.35. The van der Waals surface area contributed by atoms with Gasteiger partial charge >= 0.3 is 0 Å². The summed E-state index contributed by atoms with van der Waals surface area (Å²) in [4.78, 5) is 27.9. The van der Waals surface area contributed by atoms with Crippen molar-refractivity contribution in [2.24, 2.45) is 0 Å². The molecule has 0 bridgehead atoms. The Balaban J connectivity index is 1.38. The van der Waals surface area contributed by atoms with Crippen LogP contribution in [0.15, 0.2) is 24.3 Å². The van der Waals surface area contributed by atoms with E-state index in [0.29, 0.717) is 24.4 Å². The van der Waals surface area contributed by atoms with Crippen LogP contribution in [0.25, 0.3) is 11.5 Å². The van der Waals surface area contributed by atoms with Gasteiger partial charge in [0, 0.05) is 30.6 Å². The van der Waals surface area contributed by atoms with Crippen molar-refractivity contribution in [3.8, 4) is 11.5 Å². The molecule has 3 aromatic rings. The van der Waals surface area contributed by atoms with Gasteiger partial charge < -0.3 is 9.47 Å².